The van der Waals surface area contributed by atoms with Gasteiger partial charge >= 0.3 is 0 Å². The number of halogens is 1. The molecule has 0 saturated carbocycles. The fourth-order valence-electron chi connectivity index (χ4n) is 1.81. The molecule has 0 radical (unpaired) electrons. The summed E-state index contributed by atoms with van der Waals surface area (Å²) in [4.78, 5) is 16.1. The van der Waals surface area contributed by atoms with Crippen LogP contribution in [-0.4, -0.2) is 45.7 Å². The van der Waals surface area contributed by atoms with Crippen LogP contribution in [0.25, 0.3) is 0 Å². The smallest absolute Gasteiger partial charge is 0.251 e. The van der Waals surface area contributed by atoms with Crippen molar-refractivity contribution in [2.24, 2.45) is 4.99 Å². The number of rotatable bonds is 8. The van der Waals surface area contributed by atoms with Gasteiger partial charge in [-0.3, -0.25) is 9.79 Å². The highest BCUT2D eigenvalue weighted by Crippen LogP contribution is 2.10. The first kappa shape index (κ1) is 21.5. The van der Waals surface area contributed by atoms with Crippen molar-refractivity contribution in [1.29, 1.82) is 0 Å². The summed E-state index contributed by atoms with van der Waals surface area (Å²) < 4.78 is 5.06. The van der Waals surface area contributed by atoms with Gasteiger partial charge in [0.1, 0.15) is 5.75 Å². The molecule has 0 spiro atoms. The molecule has 0 aliphatic carbocycles. The van der Waals surface area contributed by atoms with Crippen molar-refractivity contribution in [3.05, 3.63) is 29.8 Å². The molecular formula is C16H27IN4O2. The summed E-state index contributed by atoms with van der Waals surface area (Å²) in [5.41, 5.74) is 0.617. The number of hydrogen-bond donors (Lipinski definition) is 3. The highest BCUT2D eigenvalue weighted by Gasteiger charge is 2.04. The molecule has 7 heteroatoms. The first-order valence-electron chi connectivity index (χ1n) is 7.58. The molecule has 1 rings (SSSR count). The van der Waals surface area contributed by atoms with E-state index in [1.807, 2.05) is 0 Å². The number of hydrogen-bond acceptors (Lipinski definition) is 3. The lowest BCUT2D eigenvalue weighted by atomic mass is 10.2. The minimum absolute atomic E-state index is 0. The van der Waals surface area contributed by atoms with Crippen molar-refractivity contribution in [1.82, 2.24) is 16.0 Å². The summed E-state index contributed by atoms with van der Waals surface area (Å²) in [7, 11) is 3.33. The third kappa shape index (κ3) is 8.63. The molecule has 0 bridgehead atoms. The molecule has 3 N–H and O–H groups in total. The number of amides is 1. The zero-order valence-corrected chi connectivity index (χ0v) is 16.3. The Bertz CT molecular complexity index is 477. The predicted molar refractivity (Wildman–Crippen MR) is 105 cm³/mol. The van der Waals surface area contributed by atoms with Crippen molar-refractivity contribution in [3.63, 3.8) is 0 Å². The molecule has 23 heavy (non-hydrogen) atoms. The summed E-state index contributed by atoms with van der Waals surface area (Å²) in [6, 6.07) is 7.03. The summed E-state index contributed by atoms with van der Waals surface area (Å²) in [6.07, 6.45) is 2.25. The lowest BCUT2D eigenvalue weighted by Crippen LogP contribution is -2.41. The van der Waals surface area contributed by atoms with Gasteiger partial charge in [0.15, 0.2) is 5.96 Å². The second-order valence-electron chi connectivity index (χ2n) is 4.76. The predicted octanol–water partition coefficient (Wildman–Crippen LogP) is 2.01. The molecule has 1 amide bonds. The second kappa shape index (κ2) is 13.0. The molecule has 0 fully saturated rings. The van der Waals surface area contributed by atoms with Gasteiger partial charge in [0.05, 0.1) is 7.11 Å². The number of unbranched alkanes of at least 4 members (excludes halogenated alkanes) is 1. The summed E-state index contributed by atoms with van der Waals surface area (Å²) >= 11 is 0. The third-order valence-corrected chi connectivity index (χ3v) is 3.10. The van der Waals surface area contributed by atoms with E-state index in [1.54, 1.807) is 38.4 Å². The van der Waals surface area contributed by atoms with Crippen LogP contribution in [-0.2, 0) is 0 Å². The standard InChI is InChI=1S/C16H26N4O2.HI/c1-4-5-10-19-16(17-2)20-12-11-18-15(21)13-6-8-14(22-3)9-7-13;/h6-9H,4-5,10-12H2,1-3H3,(H,18,21)(H2,17,19,20);1H. The number of methoxy groups -OCH3 is 1. The van der Waals surface area contributed by atoms with Gasteiger partial charge in [0, 0.05) is 32.2 Å². The van der Waals surface area contributed by atoms with Crippen molar-refractivity contribution < 1.29 is 9.53 Å². The van der Waals surface area contributed by atoms with Gasteiger partial charge in [0.2, 0.25) is 0 Å². The van der Waals surface area contributed by atoms with E-state index in [1.165, 1.54) is 0 Å². The van der Waals surface area contributed by atoms with Crippen molar-refractivity contribution >= 4 is 35.8 Å². The van der Waals surface area contributed by atoms with E-state index < -0.39 is 0 Å². The third-order valence-electron chi connectivity index (χ3n) is 3.10. The highest BCUT2D eigenvalue weighted by molar-refractivity contribution is 14.0. The Morgan fingerprint density at radius 1 is 1.09 bits per heavy atom. The van der Waals surface area contributed by atoms with E-state index in [0.717, 1.165) is 31.1 Å². The van der Waals surface area contributed by atoms with Gasteiger partial charge in [-0.15, -0.1) is 24.0 Å². The molecular weight excluding hydrogens is 407 g/mol. The largest absolute Gasteiger partial charge is 0.497 e. The topological polar surface area (TPSA) is 74.8 Å². The zero-order chi connectivity index (χ0) is 16.2. The van der Waals surface area contributed by atoms with Crippen LogP contribution in [0.3, 0.4) is 0 Å². The molecule has 0 unspecified atom stereocenters. The molecule has 0 saturated heterocycles. The number of benzene rings is 1. The van der Waals surface area contributed by atoms with E-state index in [-0.39, 0.29) is 29.9 Å². The molecule has 0 aliphatic rings. The number of guanidine groups is 1. The number of nitrogens with one attached hydrogen (secondary N) is 3. The highest BCUT2D eigenvalue weighted by atomic mass is 127. The van der Waals surface area contributed by atoms with Crippen LogP contribution in [0.4, 0.5) is 0 Å². The van der Waals surface area contributed by atoms with E-state index in [0.29, 0.717) is 18.7 Å². The quantitative estimate of drug-likeness (QED) is 0.253. The van der Waals surface area contributed by atoms with Crippen LogP contribution in [0, 0.1) is 0 Å². The first-order chi connectivity index (χ1) is 10.7. The number of aliphatic imine (C=N–C) groups is 1. The summed E-state index contributed by atoms with van der Waals surface area (Å²) in [5.74, 6) is 1.39. The van der Waals surface area contributed by atoms with Crippen LogP contribution in [0.2, 0.25) is 0 Å². The SMILES string of the molecule is CCCCNC(=NC)NCCNC(=O)c1ccc(OC)cc1.I. The van der Waals surface area contributed by atoms with Gasteiger partial charge in [0.25, 0.3) is 5.91 Å². The Kier molecular flexibility index (Phi) is 12.1. The molecule has 0 aromatic heterocycles. The van der Waals surface area contributed by atoms with Crippen molar-refractivity contribution in [2.75, 3.05) is 33.8 Å². The van der Waals surface area contributed by atoms with Gasteiger partial charge in [-0.2, -0.15) is 0 Å². The number of nitrogens with zero attached hydrogens (tertiary/aromatic N) is 1. The molecule has 1 aromatic rings. The van der Waals surface area contributed by atoms with E-state index in [9.17, 15) is 4.79 Å². The lowest BCUT2D eigenvalue weighted by molar-refractivity contribution is 0.0954. The Morgan fingerprint density at radius 2 is 1.70 bits per heavy atom. The molecule has 1 aromatic carbocycles. The minimum Gasteiger partial charge on any atom is -0.497 e. The summed E-state index contributed by atoms with van der Waals surface area (Å²) in [5, 5.41) is 9.23. The van der Waals surface area contributed by atoms with Crippen LogP contribution in [0.5, 0.6) is 5.75 Å². The van der Waals surface area contributed by atoms with Crippen molar-refractivity contribution in [2.45, 2.75) is 19.8 Å². The number of carbonyl (C=O) groups is 1. The Labute approximate surface area is 155 Å². The van der Waals surface area contributed by atoms with Crippen LogP contribution < -0.4 is 20.7 Å². The zero-order valence-electron chi connectivity index (χ0n) is 14.0. The Morgan fingerprint density at radius 3 is 2.26 bits per heavy atom. The normalized spacial score (nSPS) is 10.5. The summed E-state index contributed by atoms with van der Waals surface area (Å²) in [6.45, 7) is 4.19. The number of carbonyl (C=O) groups excluding carboxylic acids is 1. The molecule has 0 aliphatic heterocycles. The molecule has 0 heterocycles. The first-order valence-corrected chi connectivity index (χ1v) is 7.58. The minimum atomic E-state index is -0.0987. The van der Waals surface area contributed by atoms with E-state index in [2.05, 4.69) is 27.9 Å². The van der Waals surface area contributed by atoms with Crippen LogP contribution >= 0.6 is 24.0 Å². The van der Waals surface area contributed by atoms with Gasteiger partial charge in [-0.1, -0.05) is 13.3 Å². The fraction of sp³-hybridized carbons (Fsp3) is 0.500. The Hall–Kier alpha value is -1.51. The van der Waals surface area contributed by atoms with E-state index in [4.69, 9.17) is 4.74 Å². The average molecular weight is 434 g/mol. The van der Waals surface area contributed by atoms with Gasteiger partial charge in [-0.25, -0.2) is 0 Å². The molecule has 130 valence electrons. The maximum Gasteiger partial charge on any atom is 0.251 e. The monoisotopic (exact) mass is 434 g/mol. The fourth-order valence-corrected chi connectivity index (χ4v) is 1.81. The second-order valence-corrected chi connectivity index (χ2v) is 4.76. The Balaban J connectivity index is 0.00000484. The van der Waals surface area contributed by atoms with Crippen molar-refractivity contribution in [3.8, 4) is 5.75 Å². The van der Waals surface area contributed by atoms with E-state index >= 15 is 0 Å². The number of ether oxygens (including phenoxy) is 1. The lowest BCUT2D eigenvalue weighted by Gasteiger charge is -2.12. The van der Waals surface area contributed by atoms with Crippen LogP contribution in [0.1, 0.15) is 30.1 Å². The van der Waals surface area contributed by atoms with Gasteiger partial charge < -0.3 is 20.7 Å². The molecule has 6 nitrogen and oxygen atoms in total. The average Bonchev–Trinajstić information content (AvgIpc) is 2.57. The molecule has 0 atom stereocenters. The maximum atomic E-state index is 11.9. The maximum absolute atomic E-state index is 11.9. The van der Waals surface area contributed by atoms with Gasteiger partial charge in [-0.05, 0) is 30.7 Å². The van der Waals surface area contributed by atoms with Crippen LogP contribution in [0.15, 0.2) is 29.3 Å².